The number of rotatable bonds is 4. The molecule has 1 aromatic rings. The first-order chi connectivity index (χ1) is 8.06. The molecule has 3 heteroatoms. The highest BCUT2D eigenvalue weighted by molar-refractivity contribution is 5.94. The molecule has 1 aliphatic rings. The summed E-state index contributed by atoms with van der Waals surface area (Å²) < 4.78 is 13.5. The van der Waals surface area contributed by atoms with E-state index in [9.17, 15) is 9.18 Å². The van der Waals surface area contributed by atoms with Gasteiger partial charge in [0, 0.05) is 6.54 Å². The van der Waals surface area contributed by atoms with Gasteiger partial charge in [0.05, 0.1) is 5.56 Å². The summed E-state index contributed by atoms with van der Waals surface area (Å²) in [7, 11) is 0. The Hall–Kier alpha value is -1.38. The smallest absolute Gasteiger partial charge is 0.254 e. The molecule has 0 aromatic heterocycles. The van der Waals surface area contributed by atoms with Crippen LogP contribution in [0.25, 0.3) is 0 Å². The van der Waals surface area contributed by atoms with Crippen molar-refractivity contribution < 1.29 is 9.18 Å². The van der Waals surface area contributed by atoms with E-state index in [0.29, 0.717) is 6.54 Å². The Balaban J connectivity index is 2.02. The van der Waals surface area contributed by atoms with Gasteiger partial charge < -0.3 is 5.32 Å². The predicted molar refractivity (Wildman–Crippen MR) is 65.4 cm³/mol. The number of hydrogen-bond acceptors (Lipinski definition) is 1. The molecular weight excluding hydrogens is 217 g/mol. The van der Waals surface area contributed by atoms with Crippen molar-refractivity contribution in [1.82, 2.24) is 5.32 Å². The van der Waals surface area contributed by atoms with E-state index in [0.717, 1.165) is 12.0 Å². The highest BCUT2D eigenvalue weighted by Crippen LogP contribution is 2.47. The summed E-state index contributed by atoms with van der Waals surface area (Å²) in [5, 5.41) is 2.84. The van der Waals surface area contributed by atoms with E-state index >= 15 is 0 Å². The van der Waals surface area contributed by atoms with Gasteiger partial charge in [-0.05, 0) is 43.7 Å². The van der Waals surface area contributed by atoms with Gasteiger partial charge >= 0.3 is 0 Å². The summed E-state index contributed by atoms with van der Waals surface area (Å²) in [4.78, 5) is 11.9. The zero-order chi connectivity index (χ0) is 12.5. The fraction of sp³-hybridized carbons (Fsp3) is 0.500. The van der Waals surface area contributed by atoms with Gasteiger partial charge in [0.25, 0.3) is 5.91 Å². The minimum atomic E-state index is -0.450. The molecule has 0 saturated heterocycles. The first kappa shape index (κ1) is 12.1. The van der Waals surface area contributed by atoms with E-state index < -0.39 is 5.82 Å². The standard InChI is InChI=1S/C14H18FNO/c1-3-14(6-7-14)9-16-13(17)11-8-10(2)4-5-12(11)15/h4-5,8H,3,6-7,9H2,1-2H3,(H,16,17). The molecule has 1 N–H and O–H groups in total. The van der Waals surface area contributed by atoms with E-state index in [1.165, 1.54) is 18.9 Å². The number of nitrogens with one attached hydrogen (secondary N) is 1. The van der Waals surface area contributed by atoms with Crippen LogP contribution in [0.3, 0.4) is 0 Å². The molecule has 0 radical (unpaired) electrons. The van der Waals surface area contributed by atoms with Crippen LogP contribution in [0.15, 0.2) is 18.2 Å². The third kappa shape index (κ3) is 2.65. The molecule has 92 valence electrons. The lowest BCUT2D eigenvalue weighted by Gasteiger charge is -2.13. The molecule has 2 nitrogen and oxygen atoms in total. The summed E-state index contributed by atoms with van der Waals surface area (Å²) in [6.45, 7) is 4.65. The van der Waals surface area contributed by atoms with E-state index in [4.69, 9.17) is 0 Å². The van der Waals surface area contributed by atoms with Crippen LogP contribution >= 0.6 is 0 Å². The summed E-state index contributed by atoms with van der Waals surface area (Å²) in [5.74, 6) is -0.750. The van der Waals surface area contributed by atoms with Crippen molar-refractivity contribution in [2.75, 3.05) is 6.54 Å². The third-order valence-electron chi connectivity index (χ3n) is 3.70. The molecular formula is C14H18FNO. The second kappa shape index (κ2) is 4.47. The Labute approximate surface area is 101 Å². The summed E-state index contributed by atoms with van der Waals surface area (Å²) in [5.41, 5.74) is 1.33. The zero-order valence-corrected chi connectivity index (χ0v) is 10.3. The molecule has 17 heavy (non-hydrogen) atoms. The van der Waals surface area contributed by atoms with Crippen LogP contribution in [0.4, 0.5) is 4.39 Å². The lowest BCUT2D eigenvalue weighted by Crippen LogP contribution is -2.30. The van der Waals surface area contributed by atoms with Crippen LogP contribution in [-0.2, 0) is 0 Å². The quantitative estimate of drug-likeness (QED) is 0.853. The maximum atomic E-state index is 13.5. The minimum absolute atomic E-state index is 0.150. The molecule has 0 spiro atoms. The minimum Gasteiger partial charge on any atom is -0.351 e. The maximum absolute atomic E-state index is 13.5. The van der Waals surface area contributed by atoms with E-state index in [1.54, 1.807) is 12.1 Å². The number of carbonyl (C=O) groups is 1. The monoisotopic (exact) mass is 235 g/mol. The highest BCUT2D eigenvalue weighted by Gasteiger charge is 2.40. The van der Waals surface area contributed by atoms with Gasteiger partial charge in [-0.25, -0.2) is 4.39 Å². The van der Waals surface area contributed by atoms with E-state index in [-0.39, 0.29) is 16.9 Å². The fourth-order valence-corrected chi connectivity index (χ4v) is 2.01. The second-order valence-corrected chi connectivity index (χ2v) is 5.02. The van der Waals surface area contributed by atoms with Crippen LogP contribution in [0, 0.1) is 18.2 Å². The number of benzene rings is 1. The van der Waals surface area contributed by atoms with Crippen LogP contribution < -0.4 is 5.32 Å². The Kier molecular flexibility index (Phi) is 3.18. The van der Waals surface area contributed by atoms with Crippen LogP contribution in [0.2, 0.25) is 0 Å². The normalized spacial score (nSPS) is 16.6. The summed E-state index contributed by atoms with van der Waals surface area (Å²) >= 11 is 0. The topological polar surface area (TPSA) is 29.1 Å². The van der Waals surface area contributed by atoms with Crippen LogP contribution in [-0.4, -0.2) is 12.5 Å². The SMILES string of the molecule is CCC1(CNC(=O)c2cc(C)ccc2F)CC1. The number of carbonyl (C=O) groups excluding carboxylic acids is 1. The summed E-state index contributed by atoms with van der Waals surface area (Å²) in [6, 6.07) is 4.60. The number of halogens is 1. The Morgan fingerprint density at radius 1 is 1.47 bits per heavy atom. The van der Waals surface area contributed by atoms with Crippen molar-refractivity contribution in [3.8, 4) is 0 Å². The van der Waals surface area contributed by atoms with Crippen LogP contribution in [0.1, 0.15) is 42.1 Å². The molecule has 1 aromatic carbocycles. The molecule has 0 atom stereocenters. The van der Waals surface area contributed by atoms with Gasteiger partial charge in [-0.15, -0.1) is 0 Å². The highest BCUT2D eigenvalue weighted by atomic mass is 19.1. The molecule has 0 bridgehead atoms. The molecule has 0 heterocycles. The van der Waals surface area contributed by atoms with E-state index in [1.807, 2.05) is 6.92 Å². The average molecular weight is 235 g/mol. The van der Waals surface area contributed by atoms with Crippen molar-refractivity contribution in [2.45, 2.75) is 33.1 Å². The third-order valence-corrected chi connectivity index (χ3v) is 3.70. The second-order valence-electron chi connectivity index (χ2n) is 5.02. The molecule has 0 unspecified atom stereocenters. The number of hydrogen-bond donors (Lipinski definition) is 1. The van der Waals surface area contributed by atoms with E-state index in [2.05, 4.69) is 12.2 Å². The lowest BCUT2D eigenvalue weighted by molar-refractivity contribution is 0.0940. The molecule has 0 aliphatic heterocycles. The molecule has 1 fully saturated rings. The van der Waals surface area contributed by atoms with Gasteiger partial charge in [-0.1, -0.05) is 18.6 Å². The maximum Gasteiger partial charge on any atom is 0.254 e. The van der Waals surface area contributed by atoms with Gasteiger partial charge in [0.15, 0.2) is 0 Å². The van der Waals surface area contributed by atoms with Crippen molar-refractivity contribution in [3.63, 3.8) is 0 Å². The largest absolute Gasteiger partial charge is 0.351 e. The number of aryl methyl sites for hydroxylation is 1. The van der Waals surface area contributed by atoms with Gasteiger partial charge in [0.1, 0.15) is 5.82 Å². The Morgan fingerprint density at radius 3 is 2.76 bits per heavy atom. The van der Waals surface area contributed by atoms with Crippen LogP contribution in [0.5, 0.6) is 0 Å². The molecule has 1 aliphatic carbocycles. The van der Waals surface area contributed by atoms with Crippen molar-refractivity contribution >= 4 is 5.91 Å². The van der Waals surface area contributed by atoms with Crippen molar-refractivity contribution in [1.29, 1.82) is 0 Å². The molecule has 2 rings (SSSR count). The zero-order valence-electron chi connectivity index (χ0n) is 10.3. The number of amides is 1. The molecule has 1 saturated carbocycles. The van der Waals surface area contributed by atoms with Gasteiger partial charge in [-0.3, -0.25) is 4.79 Å². The van der Waals surface area contributed by atoms with Gasteiger partial charge in [0.2, 0.25) is 0 Å². The predicted octanol–water partition coefficient (Wildman–Crippen LogP) is 3.05. The molecule has 1 amide bonds. The van der Waals surface area contributed by atoms with Crippen molar-refractivity contribution in [2.24, 2.45) is 5.41 Å². The first-order valence-corrected chi connectivity index (χ1v) is 6.11. The Bertz CT molecular complexity index is 438. The first-order valence-electron chi connectivity index (χ1n) is 6.11. The average Bonchev–Trinajstić information content (AvgIpc) is 3.10. The summed E-state index contributed by atoms with van der Waals surface area (Å²) in [6.07, 6.45) is 3.41. The Morgan fingerprint density at radius 2 is 2.18 bits per heavy atom. The van der Waals surface area contributed by atoms with Crippen molar-refractivity contribution in [3.05, 3.63) is 35.1 Å². The van der Waals surface area contributed by atoms with Gasteiger partial charge in [-0.2, -0.15) is 0 Å². The fourth-order valence-electron chi connectivity index (χ4n) is 2.01. The lowest BCUT2D eigenvalue weighted by atomic mass is 10.0.